The van der Waals surface area contributed by atoms with Crippen molar-refractivity contribution in [1.82, 2.24) is 9.97 Å². The van der Waals surface area contributed by atoms with Crippen LogP contribution in [0.3, 0.4) is 0 Å². The molecule has 1 aromatic heterocycles. The lowest BCUT2D eigenvalue weighted by Gasteiger charge is -2.21. The van der Waals surface area contributed by atoms with E-state index in [1.54, 1.807) is 21.0 Å². The van der Waals surface area contributed by atoms with Gasteiger partial charge in [0.1, 0.15) is 17.1 Å². The molecule has 0 saturated heterocycles. The van der Waals surface area contributed by atoms with Crippen LogP contribution in [0.2, 0.25) is 0 Å². The molecular weight excluding hydrogens is 430 g/mol. The normalized spacial score (nSPS) is 11.3. The molecule has 3 rings (SSSR count). The zero-order valence-corrected chi connectivity index (χ0v) is 20.7. The number of hydrogen-bond acceptors (Lipinski definition) is 7. The lowest BCUT2D eigenvalue weighted by atomic mass is 9.85. The molecule has 1 heterocycles. The maximum Gasteiger partial charge on any atom is 0.343 e. The van der Waals surface area contributed by atoms with Crippen LogP contribution in [-0.2, 0) is 23.3 Å². The summed E-state index contributed by atoms with van der Waals surface area (Å²) in [5.41, 5.74) is 4.31. The summed E-state index contributed by atoms with van der Waals surface area (Å²) in [6.07, 6.45) is 0. The van der Waals surface area contributed by atoms with Crippen molar-refractivity contribution in [2.75, 3.05) is 19.0 Å². The van der Waals surface area contributed by atoms with Gasteiger partial charge in [-0.25, -0.2) is 14.8 Å². The molecule has 0 unspecified atom stereocenters. The van der Waals surface area contributed by atoms with E-state index >= 15 is 0 Å². The number of carbonyl (C=O) groups is 1. The lowest BCUT2D eigenvalue weighted by Crippen LogP contribution is -2.16. The molecule has 180 valence electrons. The second kappa shape index (κ2) is 10.7. The first-order chi connectivity index (χ1) is 16.2. The Bertz CT molecular complexity index is 1150. The summed E-state index contributed by atoms with van der Waals surface area (Å²) in [5, 5.41) is 13.3. The van der Waals surface area contributed by atoms with Crippen LogP contribution in [0, 0.1) is 6.92 Å². The van der Waals surface area contributed by atoms with Crippen molar-refractivity contribution in [1.29, 1.82) is 0 Å². The Kier molecular flexibility index (Phi) is 7.89. The highest BCUT2D eigenvalue weighted by Gasteiger charge is 2.22. The smallest absolute Gasteiger partial charge is 0.343 e. The maximum atomic E-state index is 12.7. The summed E-state index contributed by atoms with van der Waals surface area (Å²) in [7, 11) is 1.62. The Balaban J connectivity index is 2.04. The van der Waals surface area contributed by atoms with Crippen LogP contribution in [0.1, 0.15) is 60.4 Å². The maximum absolute atomic E-state index is 12.7. The second-order valence-corrected chi connectivity index (χ2v) is 9.06. The average Bonchev–Trinajstić information content (AvgIpc) is 2.81. The first kappa shape index (κ1) is 25.2. The van der Waals surface area contributed by atoms with Gasteiger partial charge in [-0.15, -0.1) is 0 Å². The van der Waals surface area contributed by atoms with Crippen molar-refractivity contribution in [3.63, 3.8) is 0 Å². The quantitative estimate of drug-likeness (QED) is 0.452. The number of ether oxygens (including phenoxy) is 2. The molecule has 0 aliphatic carbocycles. The summed E-state index contributed by atoms with van der Waals surface area (Å²) >= 11 is 0. The fourth-order valence-electron chi connectivity index (χ4n) is 3.61. The molecule has 0 radical (unpaired) electrons. The number of aromatic nitrogens is 2. The highest BCUT2D eigenvalue weighted by molar-refractivity contribution is 5.96. The fourth-order valence-corrected chi connectivity index (χ4v) is 3.61. The van der Waals surface area contributed by atoms with Crippen LogP contribution in [0.25, 0.3) is 11.4 Å². The van der Waals surface area contributed by atoms with Gasteiger partial charge in [-0.3, -0.25) is 0 Å². The van der Waals surface area contributed by atoms with E-state index in [0.717, 1.165) is 28.0 Å². The van der Waals surface area contributed by atoms with Gasteiger partial charge in [0.2, 0.25) is 0 Å². The van der Waals surface area contributed by atoms with Crippen LogP contribution in [0.5, 0.6) is 5.75 Å². The molecule has 0 fully saturated rings. The van der Waals surface area contributed by atoms with Gasteiger partial charge in [-0.2, -0.15) is 0 Å². The summed E-state index contributed by atoms with van der Waals surface area (Å²) in [4.78, 5) is 22.0. The molecule has 0 saturated carbocycles. The number of carbonyl (C=O) groups excluding carboxylic acids is 1. The van der Waals surface area contributed by atoms with E-state index in [1.165, 1.54) is 0 Å². The summed E-state index contributed by atoms with van der Waals surface area (Å²) in [6, 6.07) is 13.6. The first-order valence-corrected chi connectivity index (χ1v) is 11.3. The van der Waals surface area contributed by atoms with E-state index in [1.807, 2.05) is 42.5 Å². The minimum atomic E-state index is -0.478. The van der Waals surface area contributed by atoms with Gasteiger partial charge in [-0.05, 0) is 48.1 Å². The van der Waals surface area contributed by atoms with E-state index in [9.17, 15) is 9.90 Å². The standard InChI is InChI=1S/C27H33N3O4/c1-7-34-26(32)23-17(2)29-24(22-13-10-20(27(3,4)5)14-19(22)16-31)30-25(23)28-15-18-8-11-21(33-6)12-9-18/h8-14,31H,7,15-16H2,1-6H3,(H,28,29,30). The highest BCUT2D eigenvalue weighted by Crippen LogP contribution is 2.30. The monoisotopic (exact) mass is 463 g/mol. The molecule has 3 aromatic rings. The molecule has 0 aliphatic rings. The van der Waals surface area contributed by atoms with Crippen molar-refractivity contribution in [3.8, 4) is 17.1 Å². The summed E-state index contributed by atoms with van der Waals surface area (Å²) < 4.78 is 10.5. The number of hydrogen-bond donors (Lipinski definition) is 2. The fraction of sp³-hybridized carbons (Fsp3) is 0.370. The Morgan fingerprint density at radius 1 is 1.09 bits per heavy atom. The summed E-state index contributed by atoms with van der Waals surface area (Å²) in [5.74, 6) is 1.12. The number of nitrogens with one attached hydrogen (secondary N) is 1. The topological polar surface area (TPSA) is 93.6 Å². The zero-order chi connectivity index (χ0) is 24.9. The predicted octanol–water partition coefficient (Wildman–Crippen LogP) is 5.04. The minimum Gasteiger partial charge on any atom is -0.497 e. The van der Waals surface area contributed by atoms with E-state index < -0.39 is 5.97 Å². The Morgan fingerprint density at radius 3 is 2.38 bits per heavy atom. The lowest BCUT2D eigenvalue weighted by molar-refractivity contribution is 0.0525. The van der Waals surface area contributed by atoms with E-state index in [-0.39, 0.29) is 18.6 Å². The molecule has 0 bridgehead atoms. The van der Waals surface area contributed by atoms with Gasteiger partial charge in [0.15, 0.2) is 5.82 Å². The van der Waals surface area contributed by atoms with Crippen LogP contribution in [-0.4, -0.2) is 34.8 Å². The number of anilines is 1. The third-order valence-corrected chi connectivity index (χ3v) is 5.57. The Labute approximate surface area is 201 Å². The number of rotatable bonds is 8. The number of aliphatic hydroxyl groups excluding tert-OH is 1. The first-order valence-electron chi connectivity index (χ1n) is 11.3. The largest absolute Gasteiger partial charge is 0.497 e. The van der Waals surface area contributed by atoms with Crippen molar-refractivity contribution < 1.29 is 19.4 Å². The highest BCUT2D eigenvalue weighted by atomic mass is 16.5. The Morgan fingerprint density at radius 2 is 1.79 bits per heavy atom. The number of esters is 1. The van der Waals surface area contributed by atoms with Crippen LogP contribution >= 0.6 is 0 Å². The molecule has 34 heavy (non-hydrogen) atoms. The number of methoxy groups -OCH3 is 1. The SMILES string of the molecule is CCOC(=O)c1c(C)nc(-c2ccc(C(C)(C)C)cc2CO)nc1NCc1ccc(OC)cc1. The molecule has 7 heteroatoms. The van der Waals surface area contributed by atoms with Gasteiger partial charge in [0.05, 0.1) is 26.0 Å². The van der Waals surface area contributed by atoms with E-state index in [2.05, 4.69) is 31.1 Å². The van der Waals surface area contributed by atoms with Crippen LogP contribution in [0.4, 0.5) is 5.82 Å². The van der Waals surface area contributed by atoms with Gasteiger partial charge in [0, 0.05) is 12.1 Å². The molecule has 2 N–H and O–H groups in total. The van der Waals surface area contributed by atoms with Crippen molar-refractivity contribution >= 4 is 11.8 Å². The van der Waals surface area contributed by atoms with Crippen LogP contribution < -0.4 is 10.1 Å². The van der Waals surface area contributed by atoms with Crippen LogP contribution in [0.15, 0.2) is 42.5 Å². The molecule has 2 aromatic carbocycles. The van der Waals surface area contributed by atoms with Crippen molar-refractivity contribution in [3.05, 3.63) is 70.4 Å². The molecular formula is C27H33N3O4. The number of aliphatic hydroxyl groups is 1. The summed E-state index contributed by atoms with van der Waals surface area (Å²) in [6.45, 7) is 10.5. The second-order valence-electron chi connectivity index (χ2n) is 9.06. The number of nitrogens with zero attached hydrogens (tertiary/aromatic N) is 2. The van der Waals surface area contributed by atoms with Gasteiger partial charge in [0.25, 0.3) is 0 Å². The third kappa shape index (κ3) is 5.72. The van der Waals surface area contributed by atoms with E-state index in [4.69, 9.17) is 14.5 Å². The molecule has 7 nitrogen and oxygen atoms in total. The van der Waals surface area contributed by atoms with Crippen molar-refractivity contribution in [2.24, 2.45) is 0 Å². The van der Waals surface area contributed by atoms with Crippen molar-refractivity contribution in [2.45, 2.75) is 53.2 Å². The zero-order valence-electron chi connectivity index (χ0n) is 20.7. The van der Waals surface area contributed by atoms with E-state index in [0.29, 0.717) is 29.4 Å². The molecule has 0 amide bonds. The van der Waals surface area contributed by atoms with Gasteiger partial charge < -0.3 is 19.9 Å². The minimum absolute atomic E-state index is 0.0575. The molecule has 0 atom stereocenters. The number of benzene rings is 2. The predicted molar refractivity (Wildman–Crippen MR) is 133 cm³/mol. The van der Waals surface area contributed by atoms with Gasteiger partial charge in [-0.1, -0.05) is 51.1 Å². The average molecular weight is 464 g/mol. The number of aryl methyl sites for hydroxylation is 1. The molecule has 0 aliphatic heterocycles. The third-order valence-electron chi connectivity index (χ3n) is 5.57. The van der Waals surface area contributed by atoms with Gasteiger partial charge >= 0.3 is 5.97 Å². The Hall–Kier alpha value is -3.45. The molecule has 0 spiro atoms.